The van der Waals surface area contributed by atoms with Gasteiger partial charge in [0.15, 0.2) is 0 Å². The van der Waals surface area contributed by atoms with Gasteiger partial charge in [0.05, 0.1) is 6.10 Å². The molecule has 0 aliphatic heterocycles. The quantitative estimate of drug-likeness (QED) is 0.713. The molecule has 0 aliphatic rings. The van der Waals surface area contributed by atoms with Crippen molar-refractivity contribution < 1.29 is 4.74 Å². The molecule has 0 aromatic rings. The second-order valence-electron chi connectivity index (χ2n) is 4.96. The van der Waals surface area contributed by atoms with Crippen molar-refractivity contribution in [2.24, 2.45) is 5.41 Å². The molecular weight excluding hydrogens is 174 g/mol. The Bertz CT molecular complexity index is 140. The summed E-state index contributed by atoms with van der Waals surface area (Å²) >= 11 is 0. The molecule has 2 unspecified atom stereocenters. The molecule has 2 heteroatoms. The van der Waals surface area contributed by atoms with Gasteiger partial charge in [-0.2, -0.15) is 0 Å². The number of nitrogens with one attached hydrogen (secondary N) is 1. The molecule has 0 heterocycles. The highest BCUT2D eigenvalue weighted by atomic mass is 16.5. The van der Waals surface area contributed by atoms with E-state index in [0.717, 1.165) is 13.0 Å². The van der Waals surface area contributed by atoms with Gasteiger partial charge in [0.2, 0.25) is 0 Å². The Morgan fingerprint density at radius 2 is 1.79 bits per heavy atom. The zero-order chi connectivity index (χ0) is 11.2. The molecule has 0 saturated heterocycles. The Morgan fingerprint density at radius 3 is 2.07 bits per heavy atom. The number of likely N-dealkylation sites (N-methyl/N-ethyl adjacent to an activating group) is 1. The minimum absolute atomic E-state index is 0.256. The second kappa shape index (κ2) is 6.41. The first-order chi connectivity index (χ1) is 6.47. The van der Waals surface area contributed by atoms with E-state index in [4.69, 9.17) is 4.74 Å². The van der Waals surface area contributed by atoms with Crippen LogP contribution in [0.4, 0.5) is 0 Å². The molecule has 14 heavy (non-hydrogen) atoms. The topological polar surface area (TPSA) is 21.3 Å². The van der Waals surface area contributed by atoms with Gasteiger partial charge < -0.3 is 10.1 Å². The lowest BCUT2D eigenvalue weighted by Gasteiger charge is -2.37. The third-order valence-corrected chi connectivity index (χ3v) is 2.60. The Labute approximate surface area is 89.4 Å². The van der Waals surface area contributed by atoms with Crippen LogP contribution in [0.25, 0.3) is 0 Å². The molecular formula is C12H27NO. The second-order valence-corrected chi connectivity index (χ2v) is 4.96. The van der Waals surface area contributed by atoms with E-state index >= 15 is 0 Å². The summed E-state index contributed by atoms with van der Waals surface area (Å²) < 4.78 is 5.57. The fourth-order valence-electron chi connectivity index (χ4n) is 1.92. The molecule has 0 radical (unpaired) electrons. The first kappa shape index (κ1) is 13.9. The van der Waals surface area contributed by atoms with Gasteiger partial charge in [0.25, 0.3) is 0 Å². The summed E-state index contributed by atoms with van der Waals surface area (Å²) in [5, 5.41) is 3.53. The number of hydrogen-bond donors (Lipinski definition) is 1. The van der Waals surface area contributed by atoms with Crippen LogP contribution in [0.2, 0.25) is 0 Å². The SMILES string of the molecule is CCCC(OC)C(NCC)C(C)(C)C. The van der Waals surface area contributed by atoms with Gasteiger partial charge in [-0.3, -0.25) is 0 Å². The highest BCUT2D eigenvalue weighted by Gasteiger charge is 2.30. The van der Waals surface area contributed by atoms with E-state index in [1.54, 1.807) is 0 Å². The molecule has 0 aliphatic carbocycles. The molecule has 0 spiro atoms. The van der Waals surface area contributed by atoms with Crippen LogP contribution in [0.15, 0.2) is 0 Å². The van der Waals surface area contributed by atoms with Crippen LogP contribution < -0.4 is 5.32 Å². The fourth-order valence-corrected chi connectivity index (χ4v) is 1.92. The van der Waals surface area contributed by atoms with Gasteiger partial charge in [-0.25, -0.2) is 0 Å². The van der Waals surface area contributed by atoms with E-state index in [1.165, 1.54) is 6.42 Å². The average molecular weight is 201 g/mol. The first-order valence-corrected chi connectivity index (χ1v) is 5.73. The third-order valence-electron chi connectivity index (χ3n) is 2.60. The molecule has 0 bridgehead atoms. The molecule has 86 valence electrons. The molecule has 0 fully saturated rings. The Kier molecular flexibility index (Phi) is 6.38. The Balaban J connectivity index is 4.43. The molecule has 0 saturated carbocycles. The standard InChI is InChI=1S/C12H27NO/c1-7-9-10(14-6)11(13-8-2)12(3,4)5/h10-11,13H,7-9H2,1-6H3. The van der Waals surface area contributed by atoms with E-state index in [9.17, 15) is 0 Å². The van der Waals surface area contributed by atoms with E-state index in [-0.39, 0.29) is 5.41 Å². The van der Waals surface area contributed by atoms with Crippen molar-refractivity contribution in [3.05, 3.63) is 0 Å². The van der Waals surface area contributed by atoms with Gasteiger partial charge in [0.1, 0.15) is 0 Å². The summed E-state index contributed by atoms with van der Waals surface area (Å²) in [5.74, 6) is 0. The third kappa shape index (κ3) is 4.43. The number of ether oxygens (including phenoxy) is 1. The van der Waals surface area contributed by atoms with Crippen LogP contribution in [0.1, 0.15) is 47.5 Å². The molecule has 2 nitrogen and oxygen atoms in total. The van der Waals surface area contributed by atoms with Crippen molar-refractivity contribution in [3.8, 4) is 0 Å². The van der Waals surface area contributed by atoms with Crippen LogP contribution in [-0.2, 0) is 4.74 Å². The van der Waals surface area contributed by atoms with E-state index in [2.05, 4.69) is 39.9 Å². The molecule has 0 amide bonds. The zero-order valence-electron chi connectivity index (χ0n) is 10.7. The van der Waals surface area contributed by atoms with Crippen LogP contribution in [0.5, 0.6) is 0 Å². The number of rotatable bonds is 6. The predicted molar refractivity (Wildman–Crippen MR) is 62.6 cm³/mol. The van der Waals surface area contributed by atoms with Gasteiger partial charge in [0, 0.05) is 13.2 Å². The normalized spacial score (nSPS) is 16.7. The lowest BCUT2D eigenvalue weighted by atomic mass is 9.82. The van der Waals surface area contributed by atoms with Gasteiger partial charge in [-0.05, 0) is 18.4 Å². The summed E-state index contributed by atoms with van der Waals surface area (Å²) in [5.41, 5.74) is 0.256. The van der Waals surface area contributed by atoms with E-state index < -0.39 is 0 Å². The summed E-state index contributed by atoms with van der Waals surface area (Å²) in [6.45, 7) is 12.2. The van der Waals surface area contributed by atoms with E-state index in [0.29, 0.717) is 12.1 Å². The maximum Gasteiger partial charge on any atom is 0.0729 e. The summed E-state index contributed by atoms with van der Waals surface area (Å²) in [7, 11) is 1.82. The average Bonchev–Trinajstić information content (AvgIpc) is 2.09. The van der Waals surface area contributed by atoms with Crippen molar-refractivity contribution in [1.29, 1.82) is 0 Å². The summed E-state index contributed by atoms with van der Waals surface area (Å²) in [4.78, 5) is 0. The first-order valence-electron chi connectivity index (χ1n) is 5.73. The molecule has 2 atom stereocenters. The lowest BCUT2D eigenvalue weighted by molar-refractivity contribution is 0.0236. The van der Waals surface area contributed by atoms with Crippen LogP contribution >= 0.6 is 0 Å². The smallest absolute Gasteiger partial charge is 0.0729 e. The van der Waals surface area contributed by atoms with Crippen LogP contribution in [-0.4, -0.2) is 25.8 Å². The van der Waals surface area contributed by atoms with Gasteiger partial charge >= 0.3 is 0 Å². The molecule has 1 N–H and O–H groups in total. The Hall–Kier alpha value is -0.0800. The molecule has 0 aromatic carbocycles. The van der Waals surface area contributed by atoms with Crippen molar-refractivity contribution in [1.82, 2.24) is 5.32 Å². The van der Waals surface area contributed by atoms with Gasteiger partial charge in [-0.15, -0.1) is 0 Å². The highest BCUT2D eigenvalue weighted by molar-refractivity contribution is 4.86. The van der Waals surface area contributed by atoms with E-state index in [1.807, 2.05) is 7.11 Å². The number of methoxy groups -OCH3 is 1. The minimum atomic E-state index is 0.256. The Morgan fingerprint density at radius 1 is 1.21 bits per heavy atom. The number of hydrogen-bond acceptors (Lipinski definition) is 2. The fraction of sp³-hybridized carbons (Fsp3) is 1.00. The van der Waals surface area contributed by atoms with Crippen molar-refractivity contribution in [2.45, 2.75) is 59.6 Å². The maximum atomic E-state index is 5.57. The summed E-state index contributed by atoms with van der Waals surface area (Å²) in [6.07, 6.45) is 2.64. The highest BCUT2D eigenvalue weighted by Crippen LogP contribution is 2.25. The van der Waals surface area contributed by atoms with Crippen molar-refractivity contribution >= 4 is 0 Å². The summed E-state index contributed by atoms with van der Waals surface area (Å²) in [6, 6.07) is 0.442. The largest absolute Gasteiger partial charge is 0.380 e. The van der Waals surface area contributed by atoms with Crippen molar-refractivity contribution in [2.75, 3.05) is 13.7 Å². The monoisotopic (exact) mass is 201 g/mol. The predicted octanol–water partition coefficient (Wildman–Crippen LogP) is 2.83. The molecule has 0 aromatic heterocycles. The van der Waals surface area contributed by atoms with Crippen LogP contribution in [0.3, 0.4) is 0 Å². The maximum absolute atomic E-state index is 5.57. The van der Waals surface area contributed by atoms with Gasteiger partial charge in [-0.1, -0.05) is 41.0 Å². The minimum Gasteiger partial charge on any atom is -0.380 e. The zero-order valence-corrected chi connectivity index (χ0v) is 10.7. The lowest BCUT2D eigenvalue weighted by Crippen LogP contribution is -2.49. The molecule has 0 rings (SSSR count). The van der Waals surface area contributed by atoms with Crippen LogP contribution in [0, 0.1) is 5.41 Å². The van der Waals surface area contributed by atoms with Crippen molar-refractivity contribution in [3.63, 3.8) is 0 Å².